The van der Waals surface area contributed by atoms with Gasteiger partial charge in [-0.05, 0) is 56.5 Å². The van der Waals surface area contributed by atoms with Crippen LogP contribution in [-0.4, -0.2) is 56.7 Å². The van der Waals surface area contributed by atoms with Gasteiger partial charge in [0.15, 0.2) is 5.69 Å². The van der Waals surface area contributed by atoms with E-state index in [-0.39, 0.29) is 17.4 Å². The number of carbonyl (C=O) groups is 1. The lowest BCUT2D eigenvalue weighted by molar-refractivity contribution is 0.0587. The first kappa shape index (κ1) is 17.6. The molecular formula is C21H25N5O2. The third-order valence-electron chi connectivity index (χ3n) is 6.35. The fraction of sp³-hybridized carbons (Fsp3) is 0.524. The first-order chi connectivity index (χ1) is 13.7. The van der Waals surface area contributed by atoms with Crippen LogP contribution in [0.25, 0.3) is 0 Å². The number of likely N-dealkylation sites (tertiary alicyclic amines) is 2. The molecule has 2 atom stereocenters. The van der Waals surface area contributed by atoms with Crippen molar-refractivity contribution in [2.45, 2.75) is 38.3 Å². The van der Waals surface area contributed by atoms with Gasteiger partial charge < -0.3 is 9.47 Å². The number of carbonyl (C=O) groups excluding carboxylic acids is 1. The number of piperidine rings is 1. The Balaban J connectivity index is 1.39. The molecule has 0 radical (unpaired) electrons. The summed E-state index contributed by atoms with van der Waals surface area (Å²) in [6, 6.07) is 7.57. The molecule has 5 rings (SSSR count). The highest BCUT2D eigenvalue weighted by Crippen LogP contribution is 2.35. The largest absolute Gasteiger partial charge is 0.336 e. The standard InChI is InChI=1S/C21H25N5O2/c27-20-16(13-24-8-1-2-9-24)5-6-19-17-10-15(12-26(19)20)11-25(14-17)21(28)18-4-3-7-22-23-18/h3-7,15,17H,1-2,8-14H2/t15-,17+/m0/s1. The minimum Gasteiger partial charge on any atom is -0.336 e. The molecule has 2 aromatic rings. The summed E-state index contributed by atoms with van der Waals surface area (Å²) in [6.07, 6.45) is 5.07. The van der Waals surface area contributed by atoms with Crippen LogP contribution in [0.5, 0.6) is 0 Å². The van der Waals surface area contributed by atoms with Gasteiger partial charge in [-0.15, -0.1) is 5.10 Å². The number of amides is 1. The zero-order valence-corrected chi connectivity index (χ0v) is 16.0. The maximum absolute atomic E-state index is 13.1. The molecule has 0 N–H and O–H groups in total. The van der Waals surface area contributed by atoms with E-state index in [2.05, 4.69) is 21.2 Å². The van der Waals surface area contributed by atoms with E-state index in [1.54, 1.807) is 18.3 Å². The lowest BCUT2D eigenvalue weighted by Gasteiger charge is -2.42. The van der Waals surface area contributed by atoms with Crippen molar-refractivity contribution in [2.24, 2.45) is 5.92 Å². The Hall–Kier alpha value is -2.54. The molecule has 7 nitrogen and oxygen atoms in total. The molecule has 0 aliphatic carbocycles. The molecule has 2 bridgehead atoms. The molecule has 3 aliphatic rings. The topological polar surface area (TPSA) is 71.3 Å². The van der Waals surface area contributed by atoms with Crippen LogP contribution in [0.2, 0.25) is 0 Å². The molecule has 7 heteroatoms. The van der Waals surface area contributed by atoms with Crippen LogP contribution in [-0.2, 0) is 13.1 Å². The molecule has 0 unspecified atom stereocenters. The van der Waals surface area contributed by atoms with Gasteiger partial charge in [0.1, 0.15) is 0 Å². The second-order valence-corrected chi connectivity index (χ2v) is 8.30. The Morgan fingerprint density at radius 3 is 2.75 bits per heavy atom. The summed E-state index contributed by atoms with van der Waals surface area (Å²) in [7, 11) is 0. The zero-order valence-electron chi connectivity index (χ0n) is 16.0. The van der Waals surface area contributed by atoms with Crippen molar-refractivity contribution in [3.63, 3.8) is 0 Å². The smallest absolute Gasteiger partial charge is 0.274 e. The molecule has 2 aromatic heterocycles. The number of fused-ring (bicyclic) bond motifs is 4. The summed E-state index contributed by atoms with van der Waals surface area (Å²) in [5.41, 5.74) is 2.52. The highest BCUT2D eigenvalue weighted by Gasteiger charge is 2.37. The summed E-state index contributed by atoms with van der Waals surface area (Å²) in [5, 5.41) is 7.79. The van der Waals surface area contributed by atoms with E-state index in [4.69, 9.17) is 0 Å². The maximum atomic E-state index is 13.1. The number of pyridine rings is 1. The van der Waals surface area contributed by atoms with Gasteiger partial charge in [-0.2, -0.15) is 5.10 Å². The van der Waals surface area contributed by atoms with Crippen LogP contribution in [0.1, 0.15) is 46.9 Å². The third kappa shape index (κ3) is 3.13. The second kappa shape index (κ2) is 7.13. The molecule has 3 aliphatic heterocycles. The quantitative estimate of drug-likeness (QED) is 0.808. The fourth-order valence-corrected chi connectivity index (χ4v) is 5.04. The Labute approximate surface area is 164 Å². The maximum Gasteiger partial charge on any atom is 0.274 e. The van der Waals surface area contributed by atoms with Crippen molar-refractivity contribution in [3.8, 4) is 0 Å². The van der Waals surface area contributed by atoms with E-state index in [9.17, 15) is 9.59 Å². The summed E-state index contributed by atoms with van der Waals surface area (Å²) >= 11 is 0. The molecule has 5 heterocycles. The first-order valence-corrected chi connectivity index (χ1v) is 10.2. The highest BCUT2D eigenvalue weighted by atomic mass is 16.2. The monoisotopic (exact) mass is 379 g/mol. The van der Waals surface area contributed by atoms with Crippen molar-refractivity contribution in [2.75, 3.05) is 26.2 Å². The van der Waals surface area contributed by atoms with E-state index in [1.807, 2.05) is 15.5 Å². The van der Waals surface area contributed by atoms with Gasteiger partial charge >= 0.3 is 0 Å². The number of nitrogens with zero attached hydrogens (tertiary/aromatic N) is 5. The first-order valence-electron chi connectivity index (χ1n) is 10.2. The Bertz CT molecular complexity index is 936. The minimum absolute atomic E-state index is 0.0655. The molecule has 0 spiro atoms. The molecule has 0 aromatic carbocycles. The van der Waals surface area contributed by atoms with Crippen molar-refractivity contribution in [3.05, 3.63) is 57.8 Å². The van der Waals surface area contributed by atoms with E-state index < -0.39 is 0 Å². The Morgan fingerprint density at radius 1 is 1.11 bits per heavy atom. The van der Waals surface area contributed by atoms with Crippen molar-refractivity contribution < 1.29 is 4.79 Å². The predicted molar refractivity (Wildman–Crippen MR) is 104 cm³/mol. The van der Waals surface area contributed by atoms with Crippen LogP contribution < -0.4 is 5.56 Å². The number of hydrogen-bond donors (Lipinski definition) is 0. The second-order valence-electron chi connectivity index (χ2n) is 8.30. The summed E-state index contributed by atoms with van der Waals surface area (Å²) in [5.74, 6) is 0.456. The molecule has 2 saturated heterocycles. The van der Waals surface area contributed by atoms with Crippen LogP contribution >= 0.6 is 0 Å². The van der Waals surface area contributed by atoms with Crippen molar-refractivity contribution in [1.29, 1.82) is 0 Å². The van der Waals surface area contributed by atoms with E-state index in [0.717, 1.165) is 37.3 Å². The highest BCUT2D eigenvalue weighted by molar-refractivity contribution is 5.92. The normalized spacial score (nSPS) is 24.2. The zero-order chi connectivity index (χ0) is 19.1. The number of aromatic nitrogens is 3. The van der Waals surface area contributed by atoms with Crippen molar-refractivity contribution in [1.82, 2.24) is 24.6 Å². The lowest BCUT2D eigenvalue weighted by atomic mass is 9.83. The average molecular weight is 379 g/mol. The lowest BCUT2D eigenvalue weighted by Crippen LogP contribution is -2.49. The summed E-state index contributed by atoms with van der Waals surface area (Å²) in [6.45, 7) is 4.94. The van der Waals surface area contributed by atoms with Gasteiger partial charge in [-0.1, -0.05) is 6.07 Å². The van der Waals surface area contributed by atoms with Gasteiger partial charge in [0.25, 0.3) is 11.5 Å². The summed E-state index contributed by atoms with van der Waals surface area (Å²) in [4.78, 5) is 30.2. The van der Waals surface area contributed by atoms with Gasteiger partial charge in [-0.25, -0.2) is 0 Å². The fourth-order valence-electron chi connectivity index (χ4n) is 5.04. The molecule has 28 heavy (non-hydrogen) atoms. The Morgan fingerprint density at radius 2 is 1.96 bits per heavy atom. The van der Waals surface area contributed by atoms with Crippen LogP contribution in [0.3, 0.4) is 0 Å². The average Bonchev–Trinajstić information content (AvgIpc) is 3.23. The SMILES string of the molecule is O=C(c1cccnn1)N1C[C@@H]2C[C@H](C1)c1ccc(CN3CCCC3)c(=O)n1C2. The van der Waals surface area contributed by atoms with Gasteiger partial charge in [-0.3, -0.25) is 14.5 Å². The summed E-state index contributed by atoms with van der Waals surface area (Å²) < 4.78 is 1.98. The molecular weight excluding hydrogens is 354 g/mol. The number of hydrogen-bond acceptors (Lipinski definition) is 5. The van der Waals surface area contributed by atoms with Gasteiger partial charge in [0.05, 0.1) is 0 Å². The predicted octanol–water partition coefficient (Wildman–Crippen LogP) is 1.49. The molecule has 0 saturated carbocycles. The Kier molecular flexibility index (Phi) is 4.47. The van der Waals surface area contributed by atoms with E-state index in [0.29, 0.717) is 31.2 Å². The van der Waals surface area contributed by atoms with Crippen LogP contribution in [0.15, 0.2) is 35.3 Å². The molecule has 1 amide bonds. The van der Waals surface area contributed by atoms with E-state index in [1.165, 1.54) is 12.8 Å². The van der Waals surface area contributed by atoms with Gasteiger partial charge in [0, 0.05) is 49.6 Å². The molecule has 146 valence electrons. The minimum atomic E-state index is -0.0655. The van der Waals surface area contributed by atoms with Crippen molar-refractivity contribution >= 4 is 5.91 Å². The number of rotatable bonds is 3. The van der Waals surface area contributed by atoms with Crippen LogP contribution in [0.4, 0.5) is 0 Å². The molecule has 2 fully saturated rings. The van der Waals surface area contributed by atoms with Gasteiger partial charge in [0.2, 0.25) is 0 Å². The van der Waals surface area contributed by atoms with E-state index >= 15 is 0 Å². The van der Waals surface area contributed by atoms with Crippen LogP contribution in [0, 0.1) is 5.92 Å². The third-order valence-corrected chi connectivity index (χ3v) is 6.35.